The molecule has 0 saturated heterocycles. The minimum absolute atomic E-state index is 0.995. The Morgan fingerprint density at radius 2 is 1.52 bits per heavy atom. The van der Waals surface area contributed by atoms with Gasteiger partial charge in [-0.15, -0.1) is 12.6 Å². The lowest BCUT2D eigenvalue weighted by molar-refractivity contribution is 1.16. The Bertz CT molecular complexity index is 606. The van der Waals surface area contributed by atoms with Crippen LogP contribution in [0.3, 0.4) is 0 Å². The molecule has 0 N–H and O–H groups in total. The van der Waals surface area contributed by atoms with Gasteiger partial charge in [0.15, 0.2) is 0 Å². The summed E-state index contributed by atoms with van der Waals surface area (Å²) in [6.07, 6.45) is 2.72. The molecule has 0 aliphatic rings. The molecule has 0 aliphatic carbocycles. The molecular weight excluding hydrogens is 272 g/mol. The fraction of sp³-hybridized carbons (Fsp3) is 0.200. The van der Waals surface area contributed by atoms with Crippen LogP contribution < -0.4 is 0 Å². The van der Waals surface area contributed by atoms with Crippen LogP contribution in [0.25, 0.3) is 0 Å². The van der Waals surface area contributed by atoms with Gasteiger partial charge < -0.3 is 0 Å². The van der Waals surface area contributed by atoms with E-state index < -0.39 is 0 Å². The van der Waals surface area contributed by atoms with Crippen molar-refractivity contribution in [2.75, 3.05) is 0 Å². The third-order valence-electron chi connectivity index (χ3n) is 3.26. The number of benzene rings is 2. The Morgan fingerprint density at radius 3 is 2.00 bits per heavy atom. The summed E-state index contributed by atoms with van der Waals surface area (Å²) in [6.45, 7) is 13.2. The minimum Gasteiger partial charge on any atom is -0.143 e. The molecule has 0 nitrogen and oxygen atoms in total. The fourth-order valence-electron chi connectivity index (χ4n) is 1.76. The molecule has 0 saturated carbocycles. The topological polar surface area (TPSA) is 0 Å². The molecule has 2 rings (SSSR count). The van der Waals surface area contributed by atoms with Gasteiger partial charge in [-0.05, 0) is 61.6 Å². The van der Waals surface area contributed by atoms with Crippen molar-refractivity contribution in [1.82, 2.24) is 0 Å². The molecule has 110 valence electrons. The minimum atomic E-state index is 0.995. The zero-order valence-corrected chi connectivity index (χ0v) is 14.1. The van der Waals surface area contributed by atoms with Crippen molar-refractivity contribution < 1.29 is 0 Å². The van der Waals surface area contributed by atoms with Gasteiger partial charge in [0.05, 0.1) is 0 Å². The average Bonchev–Trinajstić information content (AvgIpc) is 2.46. The Balaban J connectivity index is 0.000000383. The summed E-state index contributed by atoms with van der Waals surface area (Å²) in [5, 5.41) is 0. The standard InChI is InChI=1S/C15H16S.C5H8/c1-11-3-4-14(9-12(11)2)10-13-5-7-15(16)8-6-13;1-4-5(2)3/h3-9,16H,10H2,1-2H3;4H,1-2H2,3H3. The molecule has 21 heavy (non-hydrogen) atoms. The summed E-state index contributed by atoms with van der Waals surface area (Å²) < 4.78 is 0. The summed E-state index contributed by atoms with van der Waals surface area (Å²) in [7, 11) is 0. The van der Waals surface area contributed by atoms with Crippen molar-refractivity contribution in [2.45, 2.75) is 32.1 Å². The monoisotopic (exact) mass is 296 g/mol. The molecule has 0 aliphatic heterocycles. The molecule has 0 aromatic heterocycles. The predicted octanol–water partition coefficient (Wildman–Crippen LogP) is 5.93. The van der Waals surface area contributed by atoms with Crippen LogP contribution in [-0.4, -0.2) is 0 Å². The maximum atomic E-state index is 4.29. The molecule has 0 fully saturated rings. The quantitative estimate of drug-likeness (QED) is 0.526. The molecule has 0 bridgehead atoms. The van der Waals surface area contributed by atoms with Gasteiger partial charge in [0.25, 0.3) is 0 Å². The van der Waals surface area contributed by atoms with E-state index in [0.29, 0.717) is 0 Å². The van der Waals surface area contributed by atoms with Crippen LogP contribution >= 0.6 is 12.6 Å². The van der Waals surface area contributed by atoms with Crippen LogP contribution in [0, 0.1) is 13.8 Å². The van der Waals surface area contributed by atoms with Gasteiger partial charge in [-0.25, -0.2) is 0 Å². The Labute approximate surface area is 134 Å². The third-order valence-corrected chi connectivity index (χ3v) is 3.56. The normalized spacial score (nSPS) is 9.52. The van der Waals surface area contributed by atoms with E-state index in [-0.39, 0.29) is 0 Å². The van der Waals surface area contributed by atoms with Crippen molar-refractivity contribution in [2.24, 2.45) is 0 Å². The van der Waals surface area contributed by atoms with Crippen LogP contribution in [-0.2, 0) is 6.42 Å². The second-order valence-corrected chi connectivity index (χ2v) is 5.83. The highest BCUT2D eigenvalue weighted by Gasteiger charge is 1.98. The highest BCUT2D eigenvalue weighted by molar-refractivity contribution is 7.80. The van der Waals surface area contributed by atoms with Crippen LogP contribution in [0.5, 0.6) is 0 Å². The molecule has 2 aromatic rings. The lowest BCUT2D eigenvalue weighted by Gasteiger charge is -2.05. The maximum absolute atomic E-state index is 4.29. The van der Waals surface area contributed by atoms with E-state index in [2.05, 4.69) is 70.0 Å². The van der Waals surface area contributed by atoms with Gasteiger partial charge in [-0.1, -0.05) is 55.1 Å². The van der Waals surface area contributed by atoms with Gasteiger partial charge in [-0.3, -0.25) is 0 Å². The highest BCUT2D eigenvalue weighted by Crippen LogP contribution is 2.15. The molecule has 0 heterocycles. The molecule has 1 heteroatoms. The summed E-state index contributed by atoms with van der Waals surface area (Å²) >= 11 is 4.29. The maximum Gasteiger partial charge on any atom is 0.00401 e. The van der Waals surface area contributed by atoms with Crippen LogP contribution in [0.2, 0.25) is 0 Å². The first-order valence-corrected chi connectivity index (χ1v) is 7.49. The van der Waals surface area contributed by atoms with Crippen molar-refractivity contribution >= 4 is 12.6 Å². The Kier molecular flexibility index (Phi) is 7.04. The third kappa shape index (κ3) is 6.50. The first-order chi connectivity index (χ1) is 9.92. The summed E-state index contributed by atoms with van der Waals surface area (Å²) in [5.41, 5.74) is 6.44. The van der Waals surface area contributed by atoms with E-state index in [9.17, 15) is 0 Å². The largest absolute Gasteiger partial charge is 0.143 e. The van der Waals surface area contributed by atoms with E-state index in [0.717, 1.165) is 16.9 Å². The first kappa shape index (κ1) is 17.3. The predicted molar refractivity (Wildman–Crippen MR) is 97.4 cm³/mol. The first-order valence-electron chi connectivity index (χ1n) is 7.04. The zero-order valence-electron chi connectivity index (χ0n) is 13.2. The summed E-state index contributed by atoms with van der Waals surface area (Å²) in [5.74, 6) is 0. The second-order valence-electron chi connectivity index (χ2n) is 5.31. The van der Waals surface area contributed by atoms with Crippen molar-refractivity contribution in [3.63, 3.8) is 0 Å². The highest BCUT2D eigenvalue weighted by atomic mass is 32.1. The average molecular weight is 296 g/mol. The second kappa shape index (κ2) is 8.53. The Morgan fingerprint density at radius 1 is 1.00 bits per heavy atom. The van der Waals surface area contributed by atoms with Crippen LogP contribution in [0.4, 0.5) is 0 Å². The van der Waals surface area contributed by atoms with Gasteiger partial charge >= 0.3 is 0 Å². The van der Waals surface area contributed by atoms with Gasteiger partial charge in [0.2, 0.25) is 0 Å². The molecule has 0 radical (unpaired) electrons. The van der Waals surface area contributed by atoms with Crippen molar-refractivity contribution in [1.29, 1.82) is 0 Å². The summed E-state index contributed by atoms with van der Waals surface area (Å²) in [6, 6.07) is 15.0. The number of thiol groups is 1. The van der Waals surface area contributed by atoms with E-state index in [1.54, 1.807) is 6.08 Å². The molecule has 0 atom stereocenters. The lowest BCUT2D eigenvalue weighted by Crippen LogP contribution is -1.90. The number of hydrogen-bond donors (Lipinski definition) is 1. The lowest BCUT2D eigenvalue weighted by atomic mass is 10.0. The smallest absolute Gasteiger partial charge is 0.00401 e. The molecule has 2 aromatic carbocycles. The van der Waals surface area contributed by atoms with Gasteiger partial charge in [0, 0.05) is 4.90 Å². The SMILES string of the molecule is C=CC(=C)C.Cc1ccc(Cc2ccc(S)cc2)cc1C. The number of allylic oxidation sites excluding steroid dienone is 2. The van der Waals surface area contributed by atoms with Crippen molar-refractivity contribution in [3.05, 3.63) is 89.5 Å². The van der Waals surface area contributed by atoms with E-state index in [1.807, 2.05) is 19.1 Å². The Hall–Kier alpha value is -1.73. The van der Waals surface area contributed by atoms with E-state index >= 15 is 0 Å². The number of aryl methyl sites for hydroxylation is 2. The molecule has 0 unspecified atom stereocenters. The van der Waals surface area contributed by atoms with Gasteiger partial charge in [0.1, 0.15) is 0 Å². The van der Waals surface area contributed by atoms with Crippen LogP contribution in [0.15, 0.2) is 72.2 Å². The fourth-order valence-corrected chi connectivity index (χ4v) is 1.91. The van der Waals surface area contributed by atoms with Crippen molar-refractivity contribution in [3.8, 4) is 0 Å². The summed E-state index contributed by atoms with van der Waals surface area (Å²) in [4.78, 5) is 1.02. The zero-order chi connectivity index (χ0) is 15.8. The number of rotatable bonds is 3. The van der Waals surface area contributed by atoms with E-state index in [4.69, 9.17) is 0 Å². The van der Waals surface area contributed by atoms with Gasteiger partial charge in [-0.2, -0.15) is 0 Å². The molecule has 0 amide bonds. The van der Waals surface area contributed by atoms with E-state index in [1.165, 1.54) is 22.3 Å². The molecular formula is C20H24S. The number of hydrogen-bond acceptors (Lipinski definition) is 1. The van der Waals surface area contributed by atoms with Crippen LogP contribution in [0.1, 0.15) is 29.2 Å². The molecule has 0 spiro atoms.